The normalized spacial score (nSPS) is 12.9. The van der Waals surface area contributed by atoms with Crippen LogP contribution in [0.4, 0.5) is 0 Å². The quantitative estimate of drug-likeness (QED) is 0.299. The van der Waals surface area contributed by atoms with Crippen LogP contribution in [-0.4, -0.2) is 40.2 Å². The van der Waals surface area contributed by atoms with Gasteiger partial charge in [0.25, 0.3) is 5.91 Å². The number of allylic oxidation sites excluding steroid dienone is 2. The summed E-state index contributed by atoms with van der Waals surface area (Å²) in [5.41, 5.74) is 8.58. The number of para-hydroxylation sites is 1. The maximum atomic E-state index is 13.3. The molecule has 0 bridgehead atoms. The van der Waals surface area contributed by atoms with Crippen LogP contribution >= 0.6 is 11.8 Å². The Kier molecular flexibility index (Phi) is 11.8. The van der Waals surface area contributed by atoms with Crippen molar-refractivity contribution in [3.05, 3.63) is 114 Å². The maximum Gasteiger partial charge on any atom is 1.00 e. The largest absolute Gasteiger partial charge is 1.00 e. The molecule has 7 nitrogen and oxygen atoms in total. The Morgan fingerprint density at radius 2 is 1.77 bits per heavy atom. The van der Waals surface area contributed by atoms with Crippen LogP contribution in [0.2, 0.25) is 0 Å². The number of aliphatic carboxylic acids is 1. The number of hydrogen-bond donors (Lipinski definition) is 3. The van der Waals surface area contributed by atoms with Crippen molar-refractivity contribution in [2.45, 2.75) is 32.2 Å². The summed E-state index contributed by atoms with van der Waals surface area (Å²) in [5.74, 6) is -0.0234. The van der Waals surface area contributed by atoms with E-state index in [9.17, 15) is 14.7 Å². The molecule has 9 heteroatoms. The fraction of sp³-hybridized carbons (Fsp3) is 0.226. The number of carbonyl (C=O) groups is 2. The van der Waals surface area contributed by atoms with Crippen LogP contribution in [0.15, 0.2) is 96.8 Å². The predicted octanol–water partition coefficient (Wildman–Crippen LogP) is 2.75. The van der Waals surface area contributed by atoms with E-state index in [-0.39, 0.29) is 24.8 Å². The second-order valence-corrected chi connectivity index (χ2v) is 10.2. The van der Waals surface area contributed by atoms with Crippen molar-refractivity contribution < 1.29 is 38.4 Å². The second kappa shape index (κ2) is 15.3. The summed E-state index contributed by atoms with van der Waals surface area (Å²) in [5, 5.41) is 13.9. The van der Waals surface area contributed by atoms with E-state index in [4.69, 9.17) is 4.84 Å². The van der Waals surface area contributed by atoms with E-state index in [0.29, 0.717) is 17.7 Å². The summed E-state index contributed by atoms with van der Waals surface area (Å²) in [7, 11) is 0. The fourth-order valence-corrected chi connectivity index (χ4v) is 4.74. The predicted molar refractivity (Wildman–Crippen MR) is 156 cm³/mol. The molecule has 40 heavy (non-hydrogen) atoms. The molecule has 0 radical (unpaired) electrons. The van der Waals surface area contributed by atoms with E-state index < -0.39 is 12.0 Å². The van der Waals surface area contributed by atoms with E-state index in [1.807, 2.05) is 98.4 Å². The van der Waals surface area contributed by atoms with E-state index in [2.05, 4.69) is 10.7 Å². The number of carbonyl (C=O) groups excluding carboxylic acids is 1. The molecular weight excluding hydrogens is 517 g/mol. The minimum absolute atomic E-state index is 0. The van der Waals surface area contributed by atoms with Gasteiger partial charge in [0.2, 0.25) is 0 Å². The summed E-state index contributed by atoms with van der Waals surface area (Å²) in [6.45, 7) is 2.01. The molecule has 1 heterocycles. The number of thioether (sulfide) groups is 1. The third kappa shape index (κ3) is 8.46. The van der Waals surface area contributed by atoms with Crippen LogP contribution in [0.3, 0.4) is 0 Å². The molecule has 3 aromatic rings. The van der Waals surface area contributed by atoms with Crippen molar-refractivity contribution in [2.75, 3.05) is 12.0 Å². The van der Waals surface area contributed by atoms with Crippen LogP contribution in [0.1, 0.15) is 34.3 Å². The van der Waals surface area contributed by atoms with Gasteiger partial charge in [-0.25, -0.2) is 4.79 Å². The van der Waals surface area contributed by atoms with Crippen molar-refractivity contribution in [1.29, 1.82) is 0 Å². The molecule has 1 aliphatic heterocycles. The number of hydrazine groups is 1. The molecule has 1 aliphatic rings. The molecule has 202 valence electrons. The van der Waals surface area contributed by atoms with Crippen molar-refractivity contribution >= 4 is 23.6 Å². The molecule has 4 rings (SSSR count). The van der Waals surface area contributed by atoms with Crippen LogP contribution in [0.5, 0.6) is 5.75 Å². The molecule has 0 aromatic heterocycles. The third-order valence-corrected chi connectivity index (χ3v) is 7.07. The summed E-state index contributed by atoms with van der Waals surface area (Å²) < 4.78 is 0. The molecule has 3 aromatic carbocycles. The summed E-state index contributed by atoms with van der Waals surface area (Å²) in [4.78, 5) is 30.8. The first-order valence-corrected chi connectivity index (χ1v) is 14.2. The third-order valence-electron chi connectivity index (χ3n) is 6.43. The Hall–Kier alpha value is -3.57. The molecular formula is C31H33LiN3O4S+. The second-order valence-electron chi connectivity index (χ2n) is 9.23. The van der Waals surface area contributed by atoms with Gasteiger partial charge in [0.15, 0.2) is 5.75 Å². The van der Waals surface area contributed by atoms with Gasteiger partial charge < -0.3 is 15.3 Å². The Morgan fingerprint density at radius 1 is 1.02 bits per heavy atom. The van der Waals surface area contributed by atoms with Crippen molar-refractivity contribution in [3.63, 3.8) is 0 Å². The number of hydrogen-bond acceptors (Lipinski definition) is 6. The zero-order valence-corrected chi connectivity index (χ0v) is 23.9. The standard InChI is InChI=1S/C31H33N3O4S.Li/c1-22-8-6-7-11-26(22)28-20-23(14-15-27(28)30(35)33-29(31(36)37)17-19-39-2)12-13-24-16-18-34(32-21-24)38-25-9-4-3-5-10-25;/h3-11,14-16,18,20-21,29,32H,12-13,17,19H2,1-2H3,(H,33,35)(H,36,37);/q;+1. The monoisotopic (exact) mass is 550 g/mol. The first-order chi connectivity index (χ1) is 18.9. The SMILES string of the molecule is CSCCC(NC(=O)c1ccc(CCC2=CNN(Oc3ccccc3)C=C2)cc1-c1ccccc1C)C(=O)O.[Li+]. The number of nitrogens with zero attached hydrogens (tertiary/aromatic N) is 1. The van der Waals surface area contributed by atoms with Gasteiger partial charge in [-0.05, 0) is 90.3 Å². The minimum atomic E-state index is -1.03. The molecule has 1 atom stereocenters. The van der Waals surface area contributed by atoms with Crippen LogP contribution < -0.4 is 34.4 Å². The van der Waals surface area contributed by atoms with Gasteiger partial charge >= 0.3 is 24.8 Å². The summed E-state index contributed by atoms with van der Waals surface area (Å²) in [6, 6.07) is 22.3. The Bertz CT molecular complexity index is 1360. The minimum Gasteiger partial charge on any atom is -0.480 e. The van der Waals surface area contributed by atoms with Crippen LogP contribution in [-0.2, 0) is 11.2 Å². The van der Waals surface area contributed by atoms with Gasteiger partial charge in [-0.15, -0.1) is 5.17 Å². The maximum absolute atomic E-state index is 13.3. The number of rotatable bonds is 12. The molecule has 0 fully saturated rings. The van der Waals surface area contributed by atoms with Crippen LogP contribution in [0.25, 0.3) is 11.1 Å². The van der Waals surface area contributed by atoms with Crippen LogP contribution in [0, 0.1) is 6.92 Å². The van der Waals surface area contributed by atoms with Crippen molar-refractivity contribution in [1.82, 2.24) is 15.9 Å². The van der Waals surface area contributed by atoms with E-state index in [1.165, 1.54) is 0 Å². The Morgan fingerprint density at radius 3 is 2.45 bits per heavy atom. The number of aryl methyl sites for hydroxylation is 2. The molecule has 1 unspecified atom stereocenters. The molecule has 0 aliphatic carbocycles. The number of benzene rings is 3. The molecule has 3 N–H and O–H groups in total. The van der Waals surface area contributed by atoms with E-state index >= 15 is 0 Å². The first kappa shape index (κ1) is 31.0. The van der Waals surface area contributed by atoms with Crippen molar-refractivity contribution in [2.24, 2.45) is 0 Å². The number of carboxylic acids is 1. The van der Waals surface area contributed by atoms with Crippen molar-refractivity contribution in [3.8, 4) is 16.9 Å². The zero-order valence-electron chi connectivity index (χ0n) is 23.1. The van der Waals surface area contributed by atoms with Gasteiger partial charge in [0.05, 0.1) is 6.20 Å². The average Bonchev–Trinajstić information content (AvgIpc) is 2.95. The van der Waals surface area contributed by atoms with Gasteiger partial charge in [0, 0.05) is 11.8 Å². The summed E-state index contributed by atoms with van der Waals surface area (Å²) >= 11 is 1.55. The van der Waals surface area contributed by atoms with Gasteiger partial charge in [-0.1, -0.05) is 54.6 Å². The topological polar surface area (TPSA) is 90.9 Å². The Balaban J connectivity index is 0.00000441. The molecule has 0 saturated carbocycles. The molecule has 0 spiro atoms. The fourth-order valence-electron chi connectivity index (χ4n) is 4.27. The number of amides is 1. The molecule has 1 amide bonds. The van der Waals surface area contributed by atoms with E-state index in [0.717, 1.165) is 46.4 Å². The Labute approximate surface area is 251 Å². The number of nitrogens with one attached hydrogen (secondary N) is 2. The average molecular weight is 551 g/mol. The summed E-state index contributed by atoms with van der Waals surface area (Å²) in [6.07, 6.45) is 9.59. The molecule has 0 saturated heterocycles. The number of carboxylic acid groups (broad SMARTS) is 1. The first-order valence-electron chi connectivity index (χ1n) is 12.8. The van der Waals surface area contributed by atoms with Gasteiger partial charge in [-0.2, -0.15) is 11.8 Å². The van der Waals surface area contributed by atoms with E-state index in [1.54, 1.807) is 23.0 Å². The van der Waals surface area contributed by atoms with Gasteiger partial charge in [0.1, 0.15) is 6.04 Å². The van der Waals surface area contributed by atoms with Gasteiger partial charge in [-0.3, -0.25) is 10.2 Å². The smallest absolute Gasteiger partial charge is 0.480 e. The zero-order chi connectivity index (χ0) is 27.6. The number of hydroxylamine groups is 1.